The van der Waals surface area contributed by atoms with Crippen molar-refractivity contribution >= 4 is 73.2 Å². The number of carbonyl (C=O) groups is 2. The van der Waals surface area contributed by atoms with Crippen molar-refractivity contribution in [1.82, 2.24) is 10.2 Å². The summed E-state index contributed by atoms with van der Waals surface area (Å²) in [5.41, 5.74) is 2.06. The normalized spacial score (nSPS) is 17.1. The summed E-state index contributed by atoms with van der Waals surface area (Å²) in [6, 6.07) is 22.7. The molecule has 1 aliphatic heterocycles. The second kappa shape index (κ2) is 10.6. The number of aromatic nitrogens is 2. The van der Waals surface area contributed by atoms with Crippen molar-refractivity contribution in [3.05, 3.63) is 111 Å². The molecule has 180 valence electrons. The Morgan fingerprint density at radius 1 is 1.03 bits per heavy atom. The van der Waals surface area contributed by atoms with Gasteiger partial charge in [-0.25, -0.2) is 0 Å². The lowest BCUT2D eigenvalue weighted by atomic mass is 9.95. The molecule has 0 spiro atoms. The molecule has 1 saturated heterocycles. The number of hydrogen-bond donors (Lipinski definition) is 1. The Morgan fingerprint density at radius 3 is 2.53 bits per heavy atom. The van der Waals surface area contributed by atoms with E-state index < -0.39 is 17.7 Å². The van der Waals surface area contributed by atoms with E-state index in [1.165, 1.54) is 28.0 Å². The van der Waals surface area contributed by atoms with E-state index in [1.54, 1.807) is 30.3 Å². The molecule has 1 fully saturated rings. The smallest absolute Gasteiger partial charge is 0.301 e. The molecule has 0 bridgehead atoms. The predicted octanol–water partition coefficient (Wildman–Crippen LogP) is 6.87. The van der Waals surface area contributed by atoms with Crippen molar-refractivity contribution in [3.8, 4) is 0 Å². The topological polar surface area (TPSA) is 83.4 Å². The summed E-state index contributed by atoms with van der Waals surface area (Å²) in [6.45, 7) is 0. The van der Waals surface area contributed by atoms with Gasteiger partial charge in [-0.05, 0) is 29.3 Å². The monoisotopic (exact) mass is 597 g/mol. The molecule has 36 heavy (non-hydrogen) atoms. The molecule has 2 heterocycles. The molecule has 1 aliphatic rings. The van der Waals surface area contributed by atoms with Crippen LogP contribution in [0.3, 0.4) is 0 Å². The van der Waals surface area contributed by atoms with Crippen LogP contribution < -0.4 is 4.90 Å². The minimum atomic E-state index is -0.864. The minimum absolute atomic E-state index is 0.00442. The van der Waals surface area contributed by atoms with Gasteiger partial charge in [0.1, 0.15) is 5.76 Å². The van der Waals surface area contributed by atoms with Crippen molar-refractivity contribution in [2.24, 2.45) is 0 Å². The van der Waals surface area contributed by atoms with E-state index in [1.807, 2.05) is 48.5 Å². The first-order chi connectivity index (χ1) is 17.4. The summed E-state index contributed by atoms with van der Waals surface area (Å²) in [5.74, 6) is -1.20. The lowest BCUT2D eigenvalue weighted by Gasteiger charge is -2.22. The van der Waals surface area contributed by atoms with Crippen LogP contribution in [-0.4, -0.2) is 27.0 Å². The highest BCUT2D eigenvalue weighted by Gasteiger charge is 2.48. The number of aliphatic hydroxyl groups excluding tert-OH is 1. The van der Waals surface area contributed by atoms with Crippen molar-refractivity contribution in [3.63, 3.8) is 0 Å². The first-order valence-corrected chi connectivity index (χ1v) is 13.7. The molecule has 5 rings (SSSR count). The van der Waals surface area contributed by atoms with Gasteiger partial charge in [0.2, 0.25) is 5.13 Å². The second-order valence-corrected chi connectivity index (χ2v) is 11.3. The molecule has 1 aromatic heterocycles. The van der Waals surface area contributed by atoms with E-state index in [4.69, 9.17) is 11.6 Å². The van der Waals surface area contributed by atoms with E-state index in [-0.39, 0.29) is 16.5 Å². The van der Waals surface area contributed by atoms with Gasteiger partial charge in [-0.3, -0.25) is 14.5 Å². The van der Waals surface area contributed by atoms with Crippen LogP contribution in [0.1, 0.15) is 22.7 Å². The number of thioether (sulfide) groups is 1. The predicted molar refractivity (Wildman–Crippen MR) is 146 cm³/mol. The molecule has 1 atom stereocenters. The fraction of sp³-hybridized carbons (Fsp3) is 0.0769. The first-order valence-electron chi connectivity index (χ1n) is 10.8. The minimum Gasteiger partial charge on any atom is -0.507 e. The quantitative estimate of drug-likeness (QED) is 0.0857. The summed E-state index contributed by atoms with van der Waals surface area (Å²) in [4.78, 5) is 27.8. The van der Waals surface area contributed by atoms with Crippen molar-refractivity contribution in [2.45, 2.75) is 16.1 Å². The molecule has 1 unspecified atom stereocenters. The van der Waals surface area contributed by atoms with Crippen molar-refractivity contribution in [1.29, 1.82) is 0 Å². The Kier molecular flexibility index (Phi) is 7.25. The van der Waals surface area contributed by atoms with Crippen LogP contribution in [-0.2, 0) is 15.3 Å². The third-order valence-corrected chi connectivity index (χ3v) is 8.53. The van der Waals surface area contributed by atoms with Crippen LogP contribution in [0.25, 0.3) is 5.76 Å². The van der Waals surface area contributed by atoms with Crippen LogP contribution in [0.4, 0.5) is 5.13 Å². The standard InChI is InChI=1S/C26H17BrClN3O3S2/c27-18-11-6-10-16(13-18)21-20(22(32)15-7-2-1-3-8-15)23(33)24(34)31(21)25-29-30-26(36-25)35-14-17-9-4-5-12-19(17)28/h1-13,21,32H,14H2/b22-20-. The van der Waals surface area contributed by atoms with Gasteiger partial charge in [-0.1, -0.05) is 111 Å². The number of ketones is 1. The van der Waals surface area contributed by atoms with E-state index in [0.29, 0.717) is 26.2 Å². The molecule has 0 aliphatic carbocycles. The van der Waals surface area contributed by atoms with Gasteiger partial charge < -0.3 is 5.11 Å². The third-order valence-electron chi connectivity index (χ3n) is 5.57. The largest absolute Gasteiger partial charge is 0.507 e. The van der Waals surface area contributed by atoms with Crippen LogP contribution in [0.5, 0.6) is 0 Å². The maximum atomic E-state index is 13.3. The maximum Gasteiger partial charge on any atom is 0.301 e. The highest BCUT2D eigenvalue weighted by atomic mass is 79.9. The van der Waals surface area contributed by atoms with Crippen LogP contribution >= 0.6 is 50.6 Å². The van der Waals surface area contributed by atoms with Crippen LogP contribution in [0.15, 0.2) is 93.2 Å². The number of nitrogens with zero attached hydrogens (tertiary/aromatic N) is 3. The number of benzene rings is 3. The van der Waals surface area contributed by atoms with Gasteiger partial charge in [-0.2, -0.15) is 0 Å². The molecular formula is C26H17BrClN3O3S2. The number of amides is 1. The number of aliphatic hydroxyl groups is 1. The molecule has 10 heteroatoms. The third kappa shape index (κ3) is 4.84. The molecule has 0 radical (unpaired) electrons. The van der Waals surface area contributed by atoms with E-state index >= 15 is 0 Å². The number of carbonyl (C=O) groups excluding carboxylic acids is 2. The highest BCUT2D eigenvalue weighted by Crippen LogP contribution is 2.44. The van der Waals surface area contributed by atoms with E-state index in [2.05, 4.69) is 26.1 Å². The van der Waals surface area contributed by atoms with Crippen molar-refractivity contribution < 1.29 is 14.7 Å². The lowest BCUT2D eigenvalue weighted by molar-refractivity contribution is -0.132. The maximum absolute atomic E-state index is 13.3. The first kappa shape index (κ1) is 24.7. The summed E-state index contributed by atoms with van der Waals surface area (Å²) >= 11 is 12.4. The summed E-state index contributed by atoms with van der Waals surface area (Å²) in [5, 5.41) is 20.5. The molecule has 0 saturated carbocycles. The fourth-order valence-electron chi connectivity index (χ4n) is 3.89. The van der Waals surface area contributed by atoms with Gasteiger partial charge >= 0.3 is 5.91 Å². The summed E-state index contributed by atoms with van der Waals surface area (Å²) in [7, 11) is 0. The number of halogens is 2. The van der Waals surface area contributed by atoms with Gasteiger partial charge in [0.05, 0.1) is 11.6 Å². The van der Waals surface area contributed by atoms with Gasteiger partial charge in [0, 0.05) is 20.8 Å². The summed E-state index contributed by atoms with van der Waals surface area (Å²) in [6.07, 6.45) is 0. The fourth-order valence-corrected chi connectivity index (χ4v) is 6.46. The SMILES string of the molecule is O=C1C(=O)N(c2nnc(SCc3ccccc3Cl)s2)C(c2cccc(Br)c2)/C1=C(/O)c1ccccc1. The Balaban J connectivity index is 1.54. The average Bonchev–Trinajstić information content (AvgIpc) is 3.46. The zero-order chi connectivity index (χ0) is 25.2. The zero-order valence-electron chi connectivity index (χ0n) is 18.5. The number of hydrogen-bond acceptors (Lipinski definition) is 7. The molecule has 1 amide bonds. The number of rotatable bonds is 6. The molecule has 6 nitrogen and oxygen atoms in total. The molecular weight excluding hydrogens is 582 g/mol. The Morgan fingerprint density at radius 2 is 1.78 bits per heavy atom. The van der Waals surface area contributed by atoms with Gasteiger partial charge in [-0.15, -0.1) is 10.2 Å². The highest BCUT2D eigenvalue weighted by molar-refractivity contribution is 9.10. The molecule has 3 aromatic carbocycles. The molecule has 1 N–H and O–H groups in total. The van der Waals surface area contributed by atoms with Gasteiger partial charge in [0.15, 0.2) is 4.34 Å². The Bertz CT molecular complexity index is 1490. The summed E-state index contributed by atoms with van der Waals surface area (Å²) < 4.78 is 1.40. The van der Waals surface area contributed by atoms with E-state index in [0.717, 1.165) is 10.0 Å². The zero-order valence-corrected chi connectivity index (χ0v) is 22.4. The Hall–Kier alpha value is -2.98. The van der Waals surface area contributed by atoms with Crippen LogP contribution in [0, 0.1) is 0 Å². The number of anilines is 1. The van der Waals surface area contributed by atoms with E-state index in [9.17, 15) is 14.7 Å². The molecule has 4 aromatic rings. The van der Waals surface area contributed by atoms with Gasteiger partial charge in [0.25, 0.3) is 5.78 Å². The average molecular weight is 599 g/mol. The lowest BCUT2D eigenvalue weighted by Crippen LogP contribution is -2.29. The Labute approximate surface area is 228 Å². The number of Topliss-reactive ketones (excluding diaryl/α,β-unsaturated/α-hetero) is 1. The second-order valence-electron chi connectivity index (χ2n) is 7.82. The van der Waals surface area contributed by atoms with Crippen LogP contribution in [0.2, 0.25) is 5.02 Å². The van der Waals surface area contributed by atoms with Crippen molar-refractivity contribution in [2.75, 3.05) is 4.90 Å².